The van der Waals surface area contributed by atoms with Gasteiger partial charge in [0.2, 0.25) is 11.2 Å². The molecular weight excluding hydrogens is 378 g/mol. The van der Waals surface area contributed by atoms with Crippen LogP contribution in [0.5, 0.6) is 5.75 Å². The molecule has 0 atom stereocenters. The first-order chi connectivity index (χ1) is 14.4. The third kappa shape index (κ3) is 4.81. The molecule has 1 aromatic heterocycles. The summed E-state index contributed by atoms with van der Waals surface area (Å²) in [5.41, 5.74) is 3.30. The molecule has 0 unspecified atom stereocenters. The lowest BCUT2D eigenvalue weighted by Crippen LogP contribution is -2.30. The van der Waals surface area contributed by atoms with Gasteiger partial charge in [0, 0.05) is 19.2 Å². The average molecular weight is 405 g/mol. The molecule has 2 aromatic carbocycles. The number of rotatable bonds is 6. The van der Waals surface area contributed by atoms with Crippen molar-refractivity contribution in [2.45, 2.75) is 45.6 Å². The molecule has 0 radical (unpaired) electrons. The lowest BCUT2D eigenvalue weighted by Gasteiger charge is -2.28. The van der Waals surface area contributed by atoms with Gasteiger partial charge in [0.15, 0.2) is 0 Å². The molecule has 0 amide bonds. The fourth-order valence-electron chi connectivity index (χ4n) is 3.74. The minimum atomic E-state index is -0.925. The van der Waals surface area contributed by atoms with Crippen molar-refractivity contribution in [3.05, 3.63) is 99.1 Å². The van der Waals surface area contributed by atoms with E-state index in [-0.39, 0.29) is 17.8 Å². The first kappa shape index (κ1) is 20.4. The van der Waals surface area contributed by atoms with Gasteiger partial charge in [-0.15, -0.1) is 0 Å². The van der Waals surface area contributed by atoms with Gasteiger partial charge in [-0.2, -0.15) is 0 Å². The summed E-state index contributed by atoms with van der Waals surface area (Å²) >= 11 is 0. The number of benzene rings is 2. The van der Waals surface area contributed by atoms with Crippen molar-refractivity contribution < 1.29 is 14.3 Å². The van der Waals surface area contributed by atoms with Crippen molar-refractivity contribution in [2.75, 3.05) is 6.54 Å². The molecule has 30 heavy (non-hydrogen) atoms. The van der Waals surface area contributed by atoms with E-state index in [1.54, 1.807) is 13.8 Å². The van der Waals surface area contributed by atoms with Crippen molar-refractivity contribution in [3.8, 4) is 5.75 Å². The summed E-state index contributed by atoms with van der Waals surface area (Å²) in [6, 6.07) is 17.5. The summed E-state index contributed by atoms with van der Waals surface area (Å²) in [4.78, 5) is 14.8. The highest BCUT2D eigenvalue weighted by molar-refractivity contribution is 5.30. The minimum absolute atomic E-state index is 0.188. The third-order valence-electron chi connectivity index (χ3n) is 5.47. The van der Waals surface area contributed by atoms with Gasteiger partial charge in [0.05, 0.1) is 12.1 Å². The molecule has 0 fully saturated rings. The summed E-state index contributed by atoms with van der Waals surface area (Å²) in [6.45, 7) is 6.10. The lowest BCUT2D eigenvalue weighted by molar-refractivity contribution is 0.0784. The Bertz CT molecular complexity index is 1080. The van der Waals surface area contributed by atoms with E-state index in [9.17, 15) is 9.90 Å². The van der Waals surface area contributed by atoms with Crippen LogP contribution < -0.4 is 10.2 Å². The molecule has 0 saturated carbocycles. The quantitative estimate of drug-likeness (QED) is 0.672. The van der Waals surface area contributed by atoms with Crippen LogP contribution in [0.3, 0.4) is 0 Å². The Balaban J connectivity index is 1.39. The van der Waals surface area contributed by atoms with E-state index in [0.29, 0.717) is 12.3 Å². The molecule has 2 heterocycles. The second kappa shape index (κ2) is 8.46. The zero-order chi connectivity index (χ0) is 21.1. The smallest absolute Gasteiger partial charge is 0.227 e. The standard InChI is InChI=1S/C25H27NO4/c1-25(2,28)21-9-5-6-18(12-21)16-30-24-17-29-22(13-23(24)27)15-26-11-10-19-7-3-4-8-20(19)14-26/h3-9,12-13,17,28H,10-11,14-16H2,1-2H3. The first-order valence-electron chi connectivity index (χ1n) is 10.2. The number of hydrogen-bond donors (Lipinski definition) is 1. The molecular formula is C25H27NO4. The number of nitrogens with zero attached hydrogens (tertiary/aromatic N) is 1. The zero-order valence-corrected chi connectivity index (χ0v) is 17.4. The maximum atomic E-state index is 12.5. The number of fused-ring (bicyclic) bond motifs is 1. The van der Waals surface area contributed by atoms with E-state index < -0.39 is 5.60 Å². The van der Waals surface area contributed by atoms with Crippen molar-refractivity contribution in [3.63, 3.8) is 0 Å². The van der Waals surface area contributed by atoms with Crippen LogP contribution >= 0.6 is 0 Å². The maximum absolute atomic E-state index is 12.5. The normalized spacial score (nSPS) is 14.4. The number of ether oxygens (including phenoxy) is 1. The third-order valence-corrected chi connectivity index (χ3v) is 5.47. The molecule has 0 saturated heterocycles. The van der Waals surface area contributed by atoms with E-state index in [1.807, 2.05) is 24.3 Å². The molecule has 5 heteroatoms. The Kier molecular flexibility index (Phi) is 5.75. The van der Waals surface area contributed by atoms with Crippen LogP contribution in [0.2, 0.25) is 0 Å². The highest BCUT2D eigenvalue weighted by atomic mass is 16.5. The van der Waals surface area contributed by atoms with Crippen molar-refractivity contribution in [1.29, 1.82) is 0 Å². The van der Waals surface area contributed by atoms with Crippen molar-refractivity contribution >= 4 is 0 Å². The molecule has 1 aliphatic heterocycles. The van der Waals surface area contributed by atoms with E-state index in [2.05, 4.69) is 29.2 Å². The van der Waals surface area contributed by atoms with E-state index in [1.165, 1.54) is 23.5 Å². The highest BCUT2D eigenvalue weighted by Gasteiger charge is 2.18. The van der Waals surface area contributed by atoms with Crippen molar-refractivity contribution in [2.24, 2.45) is 0 Å². The van der Waals surface area contributed by atoms with Gasteiger partial charge in [0.25, 0.3) is 0 Å². The van der Waals surface area contributed by atoms with E-state index >= 15 is 0 Å². The van der Waals surface area contributed by atoms with Gasteiger partial charge < -0.3 is 14.3 Å². The molecule has 5 nitrogen and oxygen atoms in total. The second-order valence-corrected chi connectivity index (χ2v) is 8.35. The van der Waals surface area contributed by atoms with Gasteiger partial charge in [-0.1, -0.05) is 42.5 Å². The molecule has 0 aliphatic carbocycles. The van der Waals surface area contributed by atoms with Crippen LogP contribution in [0.25, 0.3) is 0 Å². The SMILES string of the molecule is CC(C)(O)c1cccc(COc2coc(CN3CCc4ccccc4C3)cc2=O)c1. The van der Waals surface area contributed by atoms with Crippen molar-refractivity contribution in [1.82, 2.24) is 4.90 Å². The topological polar surface area (TPSA) is 62.9 Å². The first-order valence-corrected chi connectivity index (χ1v) is 10.2. The van der Waals surface area contributed by atoms with Crippen LogP contribution in [0.4, 0.5) is 0 Å². The Morgan fingerprint density at radius 1 is 1.10 bits per heavy atom. The lowest BCUT2D eigenvalue weighted by atomic mass is 9.97. The Morgan fingerprint density at radius 3 is 2.67 bits per heavy atom. The molecule has 0 bridgehead atoms. The Hall–Kier alpha value is -2.89. The molecule has 3 aromatic rings. The second-order valence-electron chi connectivity index (χ2n) is 8.35. The fraction of sp³-hybridized carbons (Fsp3) is 0.320. The summed E-state index contributed by atoms with van der Waals surface area (Å²) in [5.74, 6) is 0.826. The molecule has 1 N–H and O–H groups in total. The van der Waals surface area contributed by atoms with E-state index in [0.717, 1.165) is 30.6 Å². The summed E-state index contributed by atoms with van der Waals surface area (Å²) in [6.07, 6.45) is 2.40. The number of hydrogen-bond acceptors (Lipinski definition) is 5. The summed E-state index contributed by atoms with van der Waals surface area (Å²) in [5, 5.41) is 10.2. The van der Waals surface area contributed by atoms with Crippen LogP contribution in [0.15, 0.2) is 70.1 Å². The minimum Gasteiger partial charge on any atom is -0.482 e. The number of aliphatic hydroxyl groups is 1. The largest absolute Gasteiger partial charge is 0.482 e. The monoisotopic (exact) mass is 405 g/mol. The average Bonchev–Trinajstić information content (AvgIpc) is 2.73. The van der Waals surface area contributed by atoms with Gasteiger partial charge >= 0.3 is 0 Å². The van der Waals surface area contributed by atoms with E-state index in [4.69, 9.17) is 9.15 Å². The van der Waals surface area contributed by atoms with Gasteiger partial charge in [-0.3, -0.25) is 9.69 Å². The molecule has 0 spiro atoms. The zero-order valence-electron chi connectivity index (χ0n) is 17.4. The van der Waals surface area contributed by atoms with Crippen LogP contribution in [0, 0.1) is 0 Å². The fourth-order valence-corrected chi connectivity index (χ4v) is 3.74. The van der Waals surface area contributed by atoms with Crippen LogP contribution in [-0.4, -0.2) is 16.6 Å². The molecule has 1 aliphatic rings. The summed E-state index contributed by atoms with van der Waals surface area (Å²) in [7, 11) is 0. The highest BCUT2D eigenvalue weighted by Crippen LogP contribution is 2.22. The molecule has 156 valence electrons. The Labute approximate surface area is 176 Å². The van der Waals surface area contributed by atoms with Gasteiger partial charge in [-0.05, 0) is 48.6 Å². The summed E-state index contributed by atoms with van der Waals surface area (Å²) < 4.78 is 11.4. The van der Waals surface area contributed by atoms with Gasteiger partial charge in [-0.25, -0.2) is 0 Å². The van der Waals surface area contributed by atoms with Crippen LogP contribution in [0.1, 0.15) is 41.9 Å². The molecule has 4 rings (SSSR count). The Morgan fingerprint density at radius 2 is 1.90 bits per heavy atom. The predicted molar refractivity (Wildman–Crippen MR) is 115 cm³/mol. The maximum Gasteiger partial charge on any atom is 0.227 e. The predicted octanol–water partition coefficient (Wildman–Crippen LogP) is 4.00. The van der Waals surface area contributed by atoms with Gasteiger partial charge in [0.1, 0.15) is 18.6 Å². The van der Waals surface area contributed by atoms with Crippen LogP contribution in [-0.2, 0) is 31.7 Å².